The van der Waals surface area contributed by atoms with Gasteiger partial charge in [0.25, 0.3) is 5.78 Å². The van der Waals surface area contributed by atoms with Crippen molar-refractivity contribution < 1.29 is 9.90 Å². The Morgan fingerprint density at radius 3 is 2.74 bits per heavy atom. The summed E-state index contributed by atoms with van der Waals surface area (Å²) in [6.07, 6.45) is 2.07. The first-order valence-corrected chi connectivity index (χ1v) is 8.99. The largest absolute Gasteiger partial charge is 0.395 e. The summed E-state index contributed by atoms with van der Waals surface area (Å²) in [6.45, 7) is 4.24. The van der Waals surface area contributed by atoms with Crippen LogP contribution in [0, 0.1) is 5.92 Å². The van der Waals surface area contributed by atoms with Crippen LogP contribution in [0.5, 0.6) is 0 Å². The van der Waals surface area contributed by atoms with Crippen LogP contribution in [0.3, 0.4) is 0 Å². The lowest BCUT2D eigenvalue weighted by molar-refractivity contribution is -0.122. The Balaban J connectivity index is 1.95. The Morgan fingerprint density at radius 1 is 1.26 bits per heavy atom. The number of nitrogens with one attached hydrogen (secondary N) is 2. The molecule has 8 heteroatoms. The summed E-state index contributed by atoms with van der Waals surface area (Å²) in [5.74, 6) is 1.24. The molecule has 27 heavy (non-hydrogen) atoms. The molecule has 3 rings (SSSR count). The van der Waals surface area contributed by atoms with E-state index in [1.807, 2.05) is 36.4 Å². The van der Waals surface area contributed by atoms with Gasteiger partial charge in [-0.2, -0.15) is 14.6 Å². The smallest absolute Gasteiger partial charge is 0.254 e. The van der Waals surface area contributed by atoms with Gasteiger partial charge in [-0.05, 0) is 12.3 Å². The first-order valence-electron chi connectivity index (χ1n) is 8.99. The fourth-order valence-electron chi connectivity index (χ4n) is 2.86. The minimum Gasteiger partial charge on any atom is -0.395 e. The number of carbonyl (C=O) groups excluding carboxylic acids is 1. The Labute approximate surface area is 157 Å². The molecule has 3 aromatic rings. The second-order valence-electron chi connectivity index (χ2n) is 6.71. The van der Waals surface area contributed by atoms with E-state index in [1.54, 1.807) is 4.52 Å². The molecule has 1 amide bonds. The SMILES string of the molecule is CC(C)C[C@H](Nc1cc(-c2ccccc2)nc2ncnn12)C(=O)NCCO. The molecule has 2 aromatic heterocycles. The van der Waals surface area contributed by atoms with E-state index in [4.69, 9.17) is 5.11 Å². The Kier molecular flexibility index (Phi) is 5.97. The van der Waals surface area contributed by atoms with Crippen LogP contribution in [0.2, 0.25) is 0 Å². The van der Waals surface area contributed by atoms with Crippen molar-refractivity contribution in [2.75, 3.05) is 18.5 Å². The van der Waals surface area contributed by atoms with Crippen LogP contribution in [0.25, 0.3) is 17.0 Å². The van der Waals surface area contributed by atoms with Crippen molar-refractivity contribution in [2.45, 2.75) is 26.3 Å². The van der Waals surface area contributed by atoms with Crippen molar-refractivity contribution >= 4 is 17.5 Å². The highest BCUT2D eigenvalue weighted by atomic mass is 16.3. The third kappa shape index (κ3) is 4.59. The summed E-state index contributed by atoms with van der Waals surface area (Å²) in [7, 11) is 0. The molecule has 0 aliphatic carbocycles. The van der Waals surface area contributed by atoms with Gasteiger partial charge in [0.05, 0.1) is 12.3 Å². The molecular formula is C19H24N6O2. The number of aromatic nitrogens is 4. The van der Waals surface area contributed by atoms with E-state index in [0.717, 1.165) is 11.3 Å². The van der Waals surface area contributed by atoms with Crippen molar-refractivity contribution in [2.24, 2.45) is 5.92 Å². The highest BCUT2D eigenvalue weighted by Crippen LogP contribution is 2.22. The van der Waals surface area contributed by atoms with Gasteiger partial charge < -0.3 is 15.7 Å². The molecule has 0 saturated heterocycles. The van der Waals surface area contributed by atoms with Gasteiger partial charge in [0.2, 0.25) is 5.91 Å². The standard InChI is InChI=1S/C19H24N6O2/c1-13(2)10-16(18(27)20-8-9-26)23-17-11-15(14-6-4-3-5-7-14)24-19-21-12-22-25(17)19/h3-7,11-13,16,23,26H,8-10H2,1-2H3,(H,20,27)/t16-/m0/s1. The molecule has 3 N–H and O–H groups in total. The summed E-state index contributed by atoms with van der Waals surface area (Å²) in [6, 6.07) is 11.2. The molecule has 1 atom stereocenters. The Bertz CT molecular complexity index is 894. The summed E-state index contributed by atoms with van der Waals surface area (Å²) >= 11 is 0. The van der Waals surface area contributed by atoms with E-state index in [-0.39, 0.29) is 19.1 Å². The number of carbonyl (C=O) groups is 1. The monoisotopic (exact) mass is 368 g/mol. The zero-order valence-corrected chi connectivity index (χ0v) is 15.5. The van der Waals surface area contributed by atoms with Crippen molar-refractivity contribution in [1.29, 1.82) is 0 Å². The number of aliphatic hydroxyl groups excluding tert-OH is 1. The molecule has 8 nitrogen and oxygen atoms in total. The van der Waals surface area contributed by atoms with E-state index in [1.165, 1.54) is 6.33 Å². The maximum atomic E-state index is 12.5. The fourth-order valence-corrected chi connectivity index (χ4v) is 2.86. The first-order chi connectivity index (χ1) is 13.1. The zero-order chi connectivity index (χ0) is 19.2. The molecule has 0 unspecified atom stereocenters. The number of hydrogen-bond donors (Lipinski definition) is 3. The van der Waals surface area contributed by atoms with Crippen molar-refractivity contribution in [3.63, 3.8) is 0 Å². The van der Waals surface area contributed by atoms with Crippen molar-refractivity contribution in [1.82, 2.24) is 24.9 Å². The lowest BCUT2D eigenvalue weighted by Gasteiger charge is -2.21. The Morgan fingerprint density at radius 2 is 2.04 bits per heavy atom. The summed E-state index contributed by atoms with van der Waals surface area (Å²) in [4.78, 5) is 21.3. The normalized spacial score (nSPS) is 12.3. The number of benzene rings is 1. The van der Waals surface area contributed by atoms with E-state index >= 15 is 0 Å². The maximum Gasteiger partial charge on any atom is 0.254 e. The summed E-state index contributed by atoms with van der Waals surface area (Å²) in [5, 5.41) is 19.2. The fraction of sp³-hybridized carbons (Fsp3) is 0.368. The third-order valence-electron chi connectivity index (χ3n) is 4.08. The number of anilines is 1. The van der Waals surface area contributed by atoms with E-state index < -0.39 is 6.04 Å². The lowest BCUT2D eigenvalue weighted by Crippen LogP contribution is -2.42. The highest BCUT2D eigenvalue weighted by molar-refractivity contribution is 5.84. The number of nitrogens with zero attached hydrogens (tertiary/aromatic N) is 4. The topological polar surface area (TPSA) is 104 Å². The van der Waals surface area contributed by atoms with Crippen LogP contribution in [0.15, 0.2) is 42.7 Å². The Hall–Kier alpha value is -3.00. The number of rotatable bonds is 8. The highest BCUT2D eigenvalue weighted by Gasteiger charge is 2.21. The third-order valence-corrected chi connectivity index (χ3v) is 4.08. The minimum atomic E-state index is -0.463. The van der Waals surface area contributed by atoms with Crippen LogP contribution in [-0.2, 0) is 4.79 Å². The van der Waals surface area contributed by atoms with E-state index in [9.17, 15) is 4.79 Å². The quantitative estimate of drug-likeness (QED) is 0.559. The summed E-state index contributed by atoms with van der Waals surface area (Å²) in [5.41, 5.74) is 1.70. The van der Waals surface area contributed by atoms with Crippen LogP contribution >= 0.6 is 0 Å². The molecule has 0 radical (unpaired) electrons. The maximum absolute atomic E-state index is 12.5. The van der Waals surface area contributed by atoms with Gasteiger partial charge in [0, 0.05) is 18.2 Å². The number of hydrogen-bond acceptors (Lipinski definition) is 6. The molecular weight excluding hydrogens is 344 g/mol. The number of fused-ring (bicyclic) bond motifs is 1. The van der Waals surface area contributed by atoms with Crippen LogP contribution in [-0.4, -0.2) is 49.8 Å². The first kappa shape index (κ1) is 18.8. The molecule has 142 valence electrons. The average molecular weight is 368 g/mol. The molecule has 0 bridgehead atoms. The number of amides is 1. The van der Waals surface area contributed by atoms with Gasteiger partial charge in [0.15, 0.2) is 0 Å². The van der Waals surface area contributed by atoms with E-state index in [0.29, 0.717) is 23.9 Å². The van der Waals surface area contributed by atoms with Crippen LogP contribution < -0.4 is 10.6 Å². The van der Waals surface area contributed by atoms with Crippen molar-refractivity contribution in [3.05, 3.63) is 42.7 Å². The van der Waals surface area contributed by atoms with Gasteiger partial charge in [-0.1, -0.05) is 44.2 Å². The van der Waals surface area contributed by atoms with Gasteiger partial charge in [0.1, 0.15) is 18.2 Å². The molecule has 0 aliphatic rings. The predicted molar refractivity (Wildman–Crippen MR) is 103 cm³/mol. The minimum absolute atomic E-state index is 0.0964. The molecule has 0 fully saturated rings. The number of aliphatic hydroxyl groups is 1. The predicted octanol–water partition coefficient (Wildman–Crippen LogP) is 1.73. The van der Waals surface area contributed by atoms with Crippen LogP contribution in [0.4, 0.5) is 5.82 Å². The summed E-state index contributed by atoms with van der Waals surface area (Å²) < 4.78 is 1.58. The molecule has 0 saturated carbocycles. The van der Waals surface area contributed by atoms with Crippen LogP contribution in [0.1, 0.15) is 20.3 Å². The van der Waals surface area contributed by atoms with Gasteiger partial charge in [-0.25, -0.2) is 4.98 Å². The van der Waals surface area contributed by atoms with Crippen molar-refractivity contribution in [3.8, 4) is 11.3 Å². The molecule has 0 spiro atoms. The molecule has 0 aliphatic heterocycles. The van der Waals surface area contributed by atoms with Gasteiger partial charge in [-0.15, -0.1) is 0 Å². The lowest BCUT2D eigenvalue weighted by atomic mass is 10.0. The second kappa shape index (κ2) is 8.59. The molecule has 2 heterocycles. The van der Waals surface area contributed by atoms with Gasteiger partial charge in [-0.3, -0.25) is 4.79 Å². The van der Waals surface area contributed by atoms with Gasteiger partial charge >= 0.3 is 0 Å². The average Bonchev–Trinajstić information content (AvgIpc) is 3.14. The zero-order valence-electron chi connectivity index (χ0n) is 15.5. The molecule has 1 aromatic carbocycles. The van der Waals surface area contributed by atoms with E-state index in [2.05, 4.69) is 39.5 Å². The second-order valence-corrected chi connectivity index (χ2v) is 6.71.